The van der Waals surface area contributed by atoms with Crippen molar-refractivity contribution in [3.63, 3.8) is 0 Å². The van der Waals surface area contributed by atoms with Crippen molar-refractivity contribution in [1.29, 1.82) is 0 Å². The summed E-state index contributed by atoms with van der Waals surface area (Å²) < 4.78 is 2.40. The van der Waals surface area contributed by atoms with Gasteiger partial charge >= 0.3 is 0 Å². The third-order valence-electron chi connectivity index (χ3n) is 10.0. The van der Waals surface area contributed by atoms with E-state index in [1.54, 1.807) is 11.3 Å². The van der Waals surface area contributed by atoms with Gasteiger partial charge in [-0.15, -0.1) is 11.3 Å². The Morgan fingerprint density at radius 3 is 1.88 bits per heavy atom. The Labute approximate surface area is 308 Å². The highest BCUT2D eigenvalue weighted by Crippen LogP contribution is 2.41. The molecule has 0 radical (unpaired) electrons. The predicted octanol–water partition coefficient (Wildman–Crippen LogP) is 12.8. The lowest BCUT2D eigenvalue weighted by Crippen LogP contribution is -2.19. The zero-order valence-electron chi connectivity index (χ0n) is 28.7. The molecule has 0 bridgehead atoms. The summed E-state index contributed by atoms with van der Waals surface area (Å²) in [5.41, 5.74) is 10.2. The number of fused-ring (bicyclic) bond motifs is 4. The summed E-state index contributed by atoms with van der Waals surface area (Å²) in [7, 11) is 0. The van der Waals surface area contributed by atoms with E-state index in [1.807, 2.05) is 6.08 Å². The van der Waals surface area contributed by atoms with Crippen LogP contribution in [0.25, 0.3) is 66.0 Å². The molecular weight excluding hydrogens is 647 g/mol. The van der Waals surface area contributed by atoms with Crippen molar-refractivity contribution >= 4 is 72.2 Å². The maximum Gasteiger partial charge on any atom is 0.0540 e. The number of para-hydroxylation sites is 1. The molecule has 0 saturated carbocycles. The predicted molar refractivity (Wildman–Crippen MR) is 226 cm³/mol. The van der Waals surface area contributed by atoms with Crippen LogP contribution >= 0.6 is 11.3 Å². The summed E-state index contributed by atoms with van der Waals surface area (Å²) in [6.45, 7) is 8.67. The van der Waals surface area contributed by atoms with Crippen molar-refractivity contribution in [2.24, 2.45) is 0 Å². The Kier molecular flexibility index (Phi) is 8.08. The molecular formula is C50H35NS. The summed E-state index contributed by atoms with van der Waals surface area (Å²) in [6.07, 6.45) is 1.96. The third kappa shape index (κ3) is 5.60. The minimum Gasteiger partial charge on any atom is -0.310 e. The summed E-state index contributed by atoms with van der Waals surface area (Å²) in [6, 6.07) is 65.4. The van der Waals surface area contributed by atoms with Crippen LogP contribution in [0.1, 0.15) is 5.56 Å². The third-order valence-corrected chi connectivity index (χ3v) is 11.3. The van der Waals surface area contributed by atoms with Crippen molar-refractivity contribution in [1.82, 2.24) is 0 Å². The molecule has 52 heavy (non-hydrogen) atoms. The van der Waals surface area contributed by atoms with Gasteiger partial charge in [-0.1, -0.05) is 159 Å². The first-order chi connectivity index (χ1) is 25.7. The first kappa shape index (κ1) is 31.5. The minimum atomic E-state index is 1.05. The number of anilines is 3. The van der Waals surface area contributed by atoms with Crippen LogP contribution in [0.2, 0.25) is 0 Å². The van der Waals surface area contributed by atoms with Crippen LogP contribution in [-0.4, -0.2) is 0 Å². The van der Waals surface area contributed by atoms with E-state index >= 15 is 0 Å². The summed E-state index contributed by atoms with van der Waals surface area (Å²) >= 11 is 1.77. The number of hydrogen-bond acceptors (Lipinski definition) is 2. The average Bonchev–Trinajstić information content (AvgIpc) is 3.54. The van der Waals surface area contributed by atoms with E-state index in [0.29, 0.717) is 0 Å². The molecule has 2 heteroatoms. The number of hydrogen-bond donors (Lipinski definition) is 0. The lowest BCUT2D eigenvalue weighted by molar-refractivity contribution is 1.28. The van der Waals surface area contributed by atoms with Crippen molar-refractivity contribution in [3.8, 4) is 22.3 Å². The van der Waals surface area contributed by atoms with Crippen LogP contribution in [0.3, 0.4) is 0 Å². The van der Waals surface area contributed by atoms with E-state index in [4.69, 9.17) is 0 Å². The maximum absolute atomic E-state index is 4.46. The molecule has 0 unspecified atom stereocenters. The first-order valence-electron chi connectivity index (χ1n) is 17.6. The fourth-order valence-electron chi connectivity index (χ4n) is 7.40. The molecule has 9 rings (SSSR count). The van der Waals surface area contributed by atoms with E-state index in [9.17, 15) is 0 Å². The molecule has 0 spiro atoms. The number of thiophene rings is 1. The molecule has 1 heterocycles. The van der Waals surface area contributed by atoms with Crippen molar-refractivity contribution < 1.29 is 0 Å². The Morgan fingerprint density at radius 2 is 1.12 bits per heavy atom. The van der Waals surface area contributed by atoms with Crippen LogP contribution in [-0.2, 0) is 0 Å². The minimum absolute atomic E-state index is 1.05. The van der Waals surface area contributed by atoms with Gasteiger partial charge in [-0.05, 0) is 102 Å². The van der Waals surface area contributed by atoms with Crippen LogP contribution < -0.4 is 14.7 Å². The molecule has 9 aromatic rings. The molecule has 0 N–H and O–H groups in total. The normalized spacial score (nSPS) is 11.9. The van der Waals surface area contributed by atoms with E-state index < -0.39 is 0 Å². The SMILES string of the molecule is C=C/C(c1ccc(N(c2ccc(-c3ccc4c(ccc5ccccc54)c3)cc2)c2ccccc2-c2ccccc2)cc1)=c1/sc2ccccc2c1=C. The molecule has 8 aromatic carbocycles. The van der Waals surface area contributed by atoms with Crippen LogP contribution in [0.4, 0.5) is 17.1 Å². The van der Waals surface area contributed by atoms with E-state index in [2.05, 4.69) is 200 Å². The van der Waals surface area contributed by atoms with E-state index in [0.717, 1.165) is 37.9 Å². The highest BCUT2D eigenvalue weighted by Gasteiger charge is 2.18. The maximum atomic E-state index is 4.46. The van der Waals surface area contributed by atoms with Gasteiger partial charge in [0.15, 0.2) is 0 Å². The second-order valence-corrected chi connectivity index (χ2v) is 14.1. The molecule has 0 amide bonds. The highest BCUT2D eigenvalue weighted by atomic mass is 32.1. The Bertz CT molecular complexity index is 2860. The van der Waals surface area contributed by atoms with Gasteiger partial charge in [0.25, 0.3) is 0 Å². The molecule has 1 aromatic heterocycles. The van der Waals surface area contributed by atoms with Crippen molar-refractivity contribution in [2.75, 3.05) is 4.90 Å². The zero-order valence-corrected chi connectivity index (χ0v) is 29.5. The van der Waals surface area contributed by atoms with Gasteiger partial charge in [0.05, 0.1) is 5.69 Å². The molecule has 0 aliphatic carbocycles. The van der Waals surface area contributed by atoms with Crippen LogP contribution in [0.5, 0.6) is 0 Å². The number of nitrogens with zero attached hydrogens (tertiary/aromatic N) is 1. The Morgan fingerprint density at radius 1 is 0.500 bits per heavy atom. The molecule has 246 valence electrons. The van der Waals surface area contributed by atoms with Crippen LogP contribution in [0.15, 0.2) is 195 Å². The fourth-order valence-corrected chi connectivity index (χ4v) is 8.61. The average molecular weight is 682 g/mol. The zero-order chi connectivity index (χ0) is 35.0. The summed E-state index contributed by atoms with van der Waals surface area (Å²) in [5, 5.41) is 7.33. The van der Waals surface area contributed by atoms with Gasteiger partial charge in [-0.25, -0.2) is 0 Å². The number of rotatable bonds is 7. The van der Waals surface area contributed by atoms with Gasteiger partial charge in [0.2, 0.25) is 0 Å². The smallest absolute Gasteiger partial charge is 0.0540 e. The quantitative estimate of drug-likeness (QED) is 0.151. The lowest BCUT2D eigenvalue weighted by Gasteiger charge is -2.28. The van der Waals surface area contributed by atoms with Gasteiger partial charge in [0.1, 0.15) is 0 Å². The monoisotopic (exact) mass is 681 g/mol. The molecule has 0 aliphatic heterocycles. The van der Waals surface area contributed by atoms with E-state index in [-0.39, 0.29) is 0 Å². The highest BCUT2D eigenvalue weighted by molar-refractivity contribution is 7.17. The first-order valence-corrected chi connectivity index (χ1v) is 18.4. The Balaban J connectivity index is 1.15. The number of benzene rings is 8. The van der Waals surface area contributed by atoms with Gasteiger partial charge in [-0.3, -0.25) is 0 Å². The second kappa shape index (κ2) is 13.3. The fraction of sp³-hybridized carbons (Fsp3) is 0. The second-order valence-electron chi connectivity index (χ2n) is 13.1. The number of allylic oxidation sites excluding steroid dienone is 1. The van der Waals surface area contributed by atoms with Crippen molar-refractivity contribution in [2.45, 2.75) is 0 Å². The van der Waals surface area contributed by atoms with Crippen LogP contribution in [0, 0.1) is 0 Å². The summed E-state index contributed by atoms with van der Waals surface area (Å²) in [5.74, 6) is 0. The molecule has 0 atom stereocenters. The topological polar surface area (TPSA) is 3.24 Å². The van der Waals surface area contributed by atoms with Gasteiger partial charge in [-0.2, -0.15) is 0 Å². The molecule has 0 saturated heterocycles. The standard InChI is InChI=1S/C50H35NS/c1-3-43(50-34(2)44-16-10-12-20-49(44)52-50)38-25-30-42(31-26-38)51(48-19-11-9-18-47(48)36-13-5-4-6-14-36)41-28-23-35(24-29-41)39-27-32-46-40(33-39)22-21-37-15-7-8-17-45(37)46/h3-33H,1-2H2/b50-43-. The van der Waals surface area contributed by atoms with E-state index in [1.165, 1.54) is 53.9 Å². The largest absolute Gasteiger partial charge is 0.310 e. The molecule has 1 nitrogen and oxygen atoms in total. The summed E-state index contributed by atoms with van der Waals surface area (Å²) in [4.78, 5) is 2.36. The lowest BCUT2D eigenvalue weighted by atomic mass is 9.97. The van der Waals surface area contributed by atoms with Crippen molar-refractivity contribution in [3.05, 3.63) is 210 Å². The van der Waals surface area contributed by atoms with Gasteiger partial charge < -0.3 is 4.90 Å². The van der Waals surface area contributed by atoms with Gasteiger partial charge in [0, 0.05) is 26.2 Å². The molecule has 0 aliphatic rings. The Hall–Kier alpha value is -6.48. The molecule has 0 fully saturated rings.